The number of piperazine rings is 1. The SMILES string of the molecule is [C-]#[N+]c1ccc(N2C[C@@H](C)N(C(=O)Cc3ccc(OCCCCN(C)C4CC(Oc5ccc6c(c5)C(=O)N(C5CCC(=O)NC5=O)C6=O)C4)nc3)C[C@@H]2C)cc1Cl. The molecular weight excluding hydrogens is 750 g/mol. The van der Waals surface area contributed by atoms with Gasteiger partial charge in [-0.1, -0.05) is 23.7 Å². The number of piperidine rings is 1. The number of carbonyl (C=O) groups excluding carboxylic acids is 5. The molecule has 5 amide bonds. The van der Waals surface area contributed by atoms with Crippen molar-refractivity contribution in [2.45, 2.75) is 89.1 Å². The second-order valence-electron chi connectivity index (χ2n) is 15.4. The highest BCUT2D eigenvalue weighted by Crippen LogP contribution is 2.35. The van der Waals surface area contributed by atoms with Crippen LogP contribution in [0.2, 0.25) is 5.02 Å². The molecule has 2 aromatic carbocycles. The zero-order valence-electron chi connectivity index (χ0n) is 32.3. The summed E-state index contributed by atoms with van der Waals surface area (Å²) in [4.78, 5) is 78.7. The van der Waals surface area contributed by atoms with Crippen molar-refractivity contribution in [3.8, 4) is 11.6 Å². The van der Waals surface area contributed by atoms with Gasteiger partial charge in [-0.3, -0.25) is 34.2 Å². The van der Waals surface area contributed by atoms with Crippen LogP contribution in [0.25, 0.3) is 4.85 Å². The predicted molar refractivity (Wildman–Crippen MR) is 212 cm³/mol. The Bertz CT molecular complexity index is 2100. The molecule has 3 atom stereocenters. The van der Waals surface area contributed by atoms with Gasteiger partial charge in [0.15, 0.2) is 0 Å². The number of unbranched alkanes of at least 4 members (excludes halogenated alkanes) is 1. The van der Waals surface area contributed by atoms with Crippen molar-refractivity contribution in [1.29, 1.82) is 0 Å². The average molecular weight is 796 g/mol. The number of amides is 5. The highest BCUT2D eigenvalue weighted by atomic mass is 35.5. The minimum Gasteiger partial charge on any atom is -0.490 e. The van der Waals surface area contributed by atoms with Crippen molar-refractivity contribution in [3.63, 3.8) is 0 Å². The van der Waals surface area contributed by atoms with E-state index in [9.17, 15) is 24.0 Å². The van der Waals surface area contributed by atoms with Crippen LogP contribution in [0.1, 0.15) is 78.7 Å². The van der Waals surface area contributed by atoms with Gasteiger partial charge in [-0.05, 0) is 82.6 Å². The maximum atomic E-state index is 13.3. The number of anilines is 1. The summed E-state index contributed by atoms with van der Waals surface area (Å²) in [5, 5.41) is 2.64. The number of halogens is 1. The summed E-state index contributed by atoms with van der Waals surface area (Å²) in [6.45, 7) is 14.1. The molecule has 2 saturated heterocycles. The molecular formula is C42H46ClN7O7. The number of rotatable bonds is 13. The molecule has 1 aromatic heterocycles. The Morgan fingerprint density at radius 2 is 1.79 bits per heavy atom. The summed E-state index contributed by atoms with van der Waals surface area (Å²) in [7, 11) is 2.10. The number of pyridine rings is 1. The van der Waals surface area contributed by atoms with Crippen LogP contribution in [0, 0.1) is 6.57 Å². The van der Waals surface area contributed by atoms with Gasteiger partial charge < -0.3 is 24.2 Å². The van der Waals surface area contributed by atoms with Crippen LogP contribution in [-0.2, 0) is 20.8 Å². The van der Waals surface area contributed by atoms with Gasteiger partial charge in [-0.15, -0.1) is 0 Å². The van der Waals surface area contributed by atoms with Crippen molar-refractivity contribution in [2.75, 3.05) is 38.2 Å². The molecule has 15 heteroatoms. The van der Waals surface area contributed by atoms with Crippen LogP contribution in [0.4, 0.5) is 11.4 Å². The summed E-state index contributed by atoms with van der Waals surface area (Å²) in [5.41, 5.74) is 2.64. The number of ether oxygens (including phenoxy) is 2. The van der Waals surface area contributed by atoms with E-state index in [4.69, 9.17) is 27.6 Å². The summed E-state index contributed by atoms with van der Waals surface area (Å²) in [5.74, 6) is -1.05. The number of hydrogen-bond acceptors (Lipinski definition) is 10. The van der Waals surface area contributed by atoms with Crippen LogP contribution >= 0.6 is 11.6 Å². The fourth-order valence-electron chi connectivity index (χ4n) is 8.01. The molecule has 0 spiro atoms. The molecule has 3 aromatic rings. The van der Waals surface area contributed by atoms with E-state index in [-0.39, 0.29) is 54.5 Å². The summed E-state index contributed by atoms with van der Waals surface area (Å²) < 4.78 is 12.0. The standard InChI is InChI=1S/C42H46ClN7O7/c1-25-24-49(26(2)23-48(25)28-8-11-35(44-3)34(43)20-28)39(52)17-27-7-14-38(45-22-27)56-16-6-5-15-47(4)29-18-31(19-29)57-30-9-10-32-33(21-30)42(55)50(41(32)54)36-12-13-37(51)46-40(36)53/h7-11,14,20-22,25-26,29,31,36H,5-6,12-13,15-19,23-24H2,1-2,4H3,(H,46,51,53)/t25-,26+,29?,31?,36?/m0/s1. The molecule has 4 aliphatic rings. The zero-order chi connectivity index (χ0) is 40.4. The molecule has 3 fully saturated rings. The van der Waals surface area contributed by atoms with Gasteiger partial charge in [0, 0.05) is 73.5 Å². The molecule has 1 aliphatic carbocycles. The van der Waals surface area contributed by atoms with Gasteiger partial charge in [0.1, 0.15) is 17.9 Å². The third-order valence-corrected chi connectivity index (χ3v) is 11.7. The third-order valence-electron chi connectivity index (χ3n) is 11.4. The predicted octanol–water partition coefficient (Wildman–Crippen LogP) is 5.06. The van der Waals surface area contributed by atoms with Crippen molar-refractivity contribution in [3.05, 3.63) is 87.9 Å². The maximum absolute atomic E-state index is 13.3. The number of benzene rings is 2. The fourth-order valence-corrected chi connectivity index (χ4v) is 8.23. The fraction of sp³-hybridized carbons (Fsp3) is 0.452. The van der Waals surface area contributed by atoms with Crippen molar-refractivity contribution < 1.29 is 33.4 Å². The number of aromatic nitrogens is 1. The lowest BCUT2D eigenvalue weighted by Crippen LogP contribution is -2.58. The van der Waals surface area contributed by atoms with E-state index in [1.165, 1.54) is 0 Å². The van der Waals surface area contributed by atoms with Gasteiger partial charge in [0.05, 0.1) is 30.7 Å². The van der Waals surface area contributed by atoms with Gasteiger partial charge in [-0.2, -0.15) is 0 Å². The Morgan fingerprint density at radius 3 is 2.51 bits per heavy atom. The van der Waals surface area contributed by atoms with E-state index in [0.717, 1.165) is 48.4 Å². The lowest BCUT2D eigenvalue weighted by Gasteiger charge is -2.45. The smallest absolute Gasteiger partial charge is 0.262 e. The zero-order valence-corrected chi connectivity index (χ0v) is 33.0. The minimum absolute atomic E-state index is 0.00204. The van der Waals surface area contributed by atoms with E-state index in [1.807, 2.05) is 36.1 Å². The monoisotopic (exact) mass is 795 g/mol. The Balaban J connectivity index is 0.787. The first-order valence-electron chi connectivity index (χ1n) is 19.4. The molecule has 7 rings (SSSR count). The molecule has 57 heavy (non-hydrogen) atoms. The maximum Gasteiger partial charge on any atom is 0.262 e. The van der Waals surface area contributed by atoms with E-state index in [1.54, 1.807) is 30.5 Å². The molecule has 3 aliphatic heterocycles. The van der Waals surface area contributed by atoms with Gasteiger partial charge in [0.25, 0.3) is 11.8 Å². The first-order valence-corrected chi connectivity index (χ1v) is 19.8. The molecule has 1 saturated carbocycles. The molecule has 14 nitrogen and oxygen atoms in total. The van der Waals surface area contributed by atoms with Crippen molar-refractivity contribution in [2.24, 2.45) is 0 Å². The molecule has 0 bridgehead atoms. The summed E-state index contributed by atoms with van der Waals surface area (Å²) in [6.07, 6.45) is 5.60. The number of carbonyl (C=O) groups is 5. The Hall–Kier alpha value is -5.52. The van der Waals surface area contributed by atoms with Crippen LogP contribution < -0.4 is 19.7 Å². The largest absolute Gasteiger partial charge is 0.490 e. The lowest BCUT2D eigenvalue weighted by molar-refractivity contribution is -0.136. The first-order chi connectivity index (χ1) is 27.4. The number of fused-ring (bicyclic) bond motifs is 1. The molecule has 0 radical (unpaired) electrons. The Morgan fingerprint density at radius 1 is 1.00 bits per heavy atom. The minimum atomic E-state index is -1.00. The first kappa shape index (κ1) is 39.7. The normalized spacial score (nSPS) is 23.2. The molecule has 1 N–H and O–H groups in total. The van der Waals surface area contributed by atoms with Crippen LogP contribution in [0.5, 0.6) is 11.6 Å². The van der Waals surface area contributed by atoms with Gasteiger partial charge in [0.2, 0.25) is 29.3 Å². The highest BCUT2D eigenvalue weighted by Gasteiger charge is 2.45. The number of nitrogens with zero attached hydrogens (tertiary/aromatic N) is 6. The van der Waals surface area contributed by atoms with E-state index >= 15 is 0 Å². The van der Waals surface area contributed by atoms with Crippen LogP contribution in [-0.4, -0.2) is 113 Å². The average Bonchev–Trinajstić information content (AvgIpc) is 3.41. The van der Waals surface area contributed by atoms with Gasteiger partial charge in [-0.25, -0.2) is 9.83 Å². The summed E-state index contributed by atoms with van der Waals surface area (Å²) in [6, 6.07) is 13.5. The Labute approximate surface area is 336 Å². The van der Waals surface area contributed by atoms with Gasteiger partial charge >= 0.3 is 0 Å². The molecule has 298 valence electrons. The number of nitrogens with one attached hydrogen (secondary N) is 1. The second kappa shape index (κ2) is 16.9. The number of imide groups is 2. The quantitative estimate of drug-likeness (QED) is 0.142. The Kier molecular flexibility index (Phi) is 11.8. The van der Waals surface area contributed by atoms with Crippen molar-refractivity contribution >= 4 is 52.5 Å². The molecule has 4 heterocycles. The highest BCUT2D eigenvalue weighted by molar-refractivity contribution is 6.33. The van der Waals surface area contributed by atoms with Crippen LogP contribution in [0.15, 0.2) is 54.7 Å². The third kappa shape index (κ3) is 8.60. The van der Waals surface area contributed by atoms with E-state index < -0.39 is 29.7 Å². The topological polar surface area (TPSA) is 146 Å². The number of hydrogen-bond donors (Lipinski definition) is 1. The second-order valence-corrected chi connectivity index (χ2v) is 15.8. The van der Waals surface area contributed by atoms with Crippen molar-refractivity contribution in [1.82, 2.24) is 25.0 Å². The van der Waals surface area contributed by atoms with E-state index in [2.05, 4.69) is 38.9 Å². The lowest BCUT2D eigenvalue weighted by atomic mass is 9.88. The van der Waals surface area contributed by atoms with E-state index in [0.29, 0.717) is 48.1 Å². The molecule has 1 unspecified atom stereocenters. The van der Waals surface area contributed by atoms with Crippen LogP contribution in [0.3, 0.4) is 0 Å². The summed E-state index contributed by atoms with van der Waals surface area (Å²) >= 11 is 6.29.